The van der Waals surface area contributed by atoms with E-state index in [4.69, 9.17) is 16.3 Å². The third kappa shape index (κ3) is 6.62. The van der Waals surface area contributed by atoms with Crippen molar-refractivity contribution in [1.29, 1.82) is 0 Å². The Labute approximate surface area is 197 Å². The molecule has 0 aliphatic carbocycles. The molecular formula is C24H33ClN2O4S. The number of hydrogen-bond donors (Lipinski definition) is 1. The smallest absolute Gasteiger partial charge is 0.244 e. The predicted molar refractivity (Wildman–Crippen MR) is 131 cm³/mol. The Balaban J connectivity index is 2.11. The molecule has 0 heterocycles. The first-order chi connectivity index (χ1) is 14.9. The van der Waals surface area contributed by atoms with E-state index in [0.29, 0.717) is 17.1 Å². The highest BCUT2D eigenvalue weighted by molar-refractivity contribution is 7.92. The lowest BCUT2D eigenvalue weighted by Crippen LogP contribution is -2.50. The highest BCUT2D eigenvalue weighted by atomic mass is 35.5. The molecule has 0 aromatic heterocycles. The number of para-hydroxylation sites is 1. The van der Waals surface area contributed by atoms with E-state index in [-0.39, 0.29) is 24.5 Å². The summed E-state index contributed by atoms with van der Waals surface area (Å²) in [4.78, 5) is 12.9. The number of nitrogens with one attached hydrogen (secondary N) is 1. The summed E-state index contributed by atoms with van der Waals surface area (Å²) in [6.45, 7) is 10.5. The van der Waals surface area contributed by atoms with Gasteiger partial charge in [0.1, 0.15) is 18.4 Å². The first-order valence-corrected chi connectivity index (χ1v) is 12.8. The standard InChI is InChI=1S/C24H33ClN2O4S/c1-7-21(27(32(6,29)30)18-13-12-17(2)20(25)16-18)23(28)26-14-15-31-22-11-9-8-10-19(22)24(3,4)5/h8-13,16,21H,7,14-15H2,1-6H3,(H,26,28)/t21-/m1/s1. The molecule has 1 amide bonds. The Morgan fingerprint density at radius 2 is 1.84 bits per heavy atom. The highest BCUT2D eigenvalue weighted by Gasteiger charge is 2.31. The molecule has 2 aromatic carbocycles. The maximum atomic E-state index is 12.9. The van der Waals surface area contributed by atoms with Gasteiger partial charge in [-0.25, -0.2) is 8.42 Å². The minimum atomic E-state index is -3.72. The molecule has 0 unspecified atom stereocenters. The van der Waals surface area contributed by atoms with Crippen molar-refractivity contribution in [3.63, 3.8) is 0 Å². The summed E-state index contributed by atoms with van der Waals surface area (Å²) in [5, 5.41) is 3.25. The van der Waals surface area contributed by atoms with Gasteiger partial charge in [-0.05, 0) is 48.1 Å². The van der Waals surface area contributed by atoms with Crippen molar-refractivity contribution in [2.24, 2.45) is 0 Å². The van der Waals surface area contributed by atoms with Gasteiger partial charge in [0.2, 0.25) is 15.9 Å². The monoisotopic (exact) mass is 480 g/mol. The molecule has 0 saturated carbocycles. The van der Waals surface area contributed by atoms with Crippen LogP contribution in [0, 0.1) is 6.92 Å². The van der Waals surface area contributed by atoms with Crippen LogP contribution in [0.3, 0.4) is 0 Å². The lowest BCUT2D eigenvalue weighted by molar-refractivity contribution is -0.122. The summed E-state index contributed by atoms with van der Waals surface area (Å²) in [5.74, 6) is 0.385. The largest absolute Gasteiger partial charge is 0.491 e. The number of amides is 1. The molecule has 0 spiro atoms. The van der Waals surface area contributed by atoms with E-state index in [2.05, 4.69) is 26.1 Å². The molecule has 0 radical (unpaired) electrons. The van der Waals surface area contributed by atoms with Gasteiger partial charge >= 0.3 is 0 Å². The first-order valence-electron chi connectivity index (χ1n) is 10.6. The zero-order chi connectivity index (χ0) is 24.1. The van der Waals surface area contributed by atoms with Crippen LogP contribution in [0.5, 0.6) is 5.75 Å². The average molecular weight is 481 g/mol. The van der Waals surface area contributed by atoms with Crippen molar-refractivity contribution in [1.82, 2.24) is 5.32 Å². The van der Waals surface area contributed by atoms with Gasteiger partial charge in [-0.1, -0.05) is 63.6 Å². The lowest BCUT2D eigenvalue weighted by atomic mass is 9.86. The first kappa shape index (κ1) is 26.0. The SMILES string of the molecule is CC[C@H](C(=O)NCCOc1ccccc1C(C)(C)C)N(c1ccc(C)c(Cl)c1)S(C)(=O)=O. The van der Waals surface area contributed by atoms with E-state index in [1.807, 2.05) is 31.2 Å². The van der Waals surface area contributed by atoms with Gasteiger partial charge in [-0.15, -0.1) is 0 Å². The van der Waals surface area contributed by atoms with Gasteiger partial charge in [0, 0.05) is 5.02 Å². The Morgan fingerprint density at radius 1 is 1.19 bits per heavy atom. The van der Waals surface area contributed by atoms with Gasteiger partial charge in [0.05, 0.1) is 18.5 Å². The van der Waals surface area contributed by atoms with Crippen LogP contribution in [0.25, 0.3) is 0 Å². The Morgan fingerprint density at radius 3 is 2.41 bits per heavy atom. The molecule has 32 heavy (non-hydrogen) atoms. The van der Waals surface area contributed by atoms with Crippen molar-refractivity contribution >= 4 is 33.2 Å². The topological polar surface area (TPSA) is 75.7 Å². The van der Waals surface area contributed by atoms with Crippen LogP contribution >= 0.6 is 11.6 Å². The van der Waals surface area contributed by atoms with Crippen LogP contribution in [-0.4, -0.2) is 39.8 Å². The van der Waals surface area contributed by atoms with Crippen molar-refractivity contribution < 1.29 is 17.9 Å². The number of aryl methyl sites for hydroxylation is 1. The fourth-order valence-corrected chi connectivity index (χ4v) is 4.82. The normalized spacial score (nSPS) is 12.8. The number of halogens is 1. The second-order valence-corrected chi connectivity index (χ2v) is 11.1. The molecule has 176 valence electrons. The molecule has 1 atom stereocenters. The molecule has 2 aromatic rings. The highest BCUT2D eigenvalue weighted by Crippen LogP contribution is 2.31. The molecule has 0 aliphatic rings. The van der Waals surface area contributed by atoms with Gasteiger partial charge in [0.15, 0.2) is 0 Å². The molecule has 0 aliphatic heterocycles. The number of sulfonamides is 1. The molecule has 0 fully saturated rings. The minimum Gasteiger partial charge on any atom is -0.491 e. The van der Waals surface area contributed by atoms with E-state index >= 15 is 0 Å². The van der Waals surface area contributed by atoms with Crippen LogP contribution in [-0.2, 0) is 20.2 Å². The predicted octanol–water partition coefficient (Wildman–Crippen LogP) is 4.69. The van der Waals surface area contributed by atoms with Crippen LogP contribution in [0.2, 0.25) is 5.02 Å². The third-order valence-electron chi connectivity index (χ3n) is 5.09. The summed E-state index contributed by atoms with van der Waals surface area (Å²) in [5.41, 5.74) is 2.20. The van der Waals surface area contributed by atoms with Crippen molar-refractivity contribution in [3.8, 4) is 5.75 Å². The number of nitrogens with zero attached hydrogens (tertiary/aromatic N) is 1. The Kier molecular flexibility index (Phi) is 8.60. The van der Waals surface area contributed by atoms with Gasteiger partial charge in [-0.2, -0.15) is 0 Å². The van der Waals surface area contributed by atoms with E-state index < -0.39 is 16.1 Å². The molecule has 8 heteroatoms. The van der Waals surface area contributed by atoms with Crippen LogP contribution < -0.4 is 14.4 Å². The van der Waals surface area contributed by atoms with Gasteiger partial charge in [-0.3, -0.25) is 9.10 Å². The second kappa shape index (κ2) is 10.6. The average Bonchev–Trinajstić information content (AvgIpc) is 2.70. The fraction of sp³-hybridized carbons (Fsp3) is 0.458. The molecule has 0 saturated heterocycles. The zero-order valence-electron chi connectivity index (χ0n) is 19.6. The molecule has 0 bridgehead atoms. The number of anilines is 1. The van der Waals surface area contributed by atoms with Crippen molar-refractivity contribution in [3.05, 3.63) is 58.6 Å². The summed E-state index contributed by atoms with van der Waals surface area (Å²) in [7, 11) is -3.72. The lowest BCUT2D eigenvalue weighted by Gasteiger charge is -2.30. The summed E-state index contributed by atoms with van der Waals surface area (Å²) >= 11 is 6.20. The van der Waals surface area contributed by atoms with Crippen LogP contribution in [0.4, 0.5) is 5.69 Å². The number of carbonyl (C=O) groups excluding carboxylic acids is 1. The quantitative estimate of drug-likeness (QED) is 0.528. The minimum absolute atomic E-state index is 0.0710. The van der Waals surface area contributed by atoms with Crippen LogP contribution in [0.15, 0.2) is 42.5 Å². The number of carbonyl (C=O) groups is 1. The molecular weight excluding hydrogens is 448 g/mol. The summed E-state index contributed by atoms with van der Waals surface area (Å²) in [6.07, 6.45) is 1.39. The maximum Gasteiger partial charge on any atom is 0.244 e. The summed E-state index contributed by atoms with van der Waals surface area (Å²) < 4.78 is 32.1. The van der Waals surface area contributed by atoms with Crippen molar-refractivity contribution in [2.45, 2.75) is 52.5 Å². The number of hydrogen-bond acceptors (Lipinski definition) is 4. The van der Waals surface area contributed by atoms with E-state index in [0.717, 1.165) is 27.4 Å². The Bertz CT molecular complexity index is 1050. The molecule has 1 N–H and O–H groups in total. The molecule has 2 rings (SSSR count). The maximum absolute atomic E-state index is 12.9. The van der Waals surface area contributed by atoms with E-state index in [1.54, 1.807) is 25.1 Å². The fourth-order valence-electron chi connectivity index (χ4n) is 3.44. The van der Waals surface area contributed by atoms with Gasteiger partial charge in [0.25, 0.3) is 0 Å². The van der Waals surface area contributed by atoms with Crippen LogP contribution in [0.1, 0.15) is 45.2 Å². The number of ether oxygens (including phenoxy) is 1. The number of benzene rings is 2. The zero-order valence-corrected chi connectivity index (χ0v) is 21.2. The number of rotatable bonds is 9. The molecule has 6 nitrogen and oxygen atoms in total. The van der Waals surface area contributed by atoms with E-state index in [9.17, 15) is 13.2 Å². The van der Waals surface area contributed by atoms with Gasteiger partial charge < -0.3 is 10.1 Å². The summed E-state index contributed by atoms with van der Waals surface area (Å²) in [6, 6.07) is 11.9. The Hall–Kier alpha value is -2.25. The van der Waals surface area contributed by atoms with Crippen molar-refractivity contribution in [2.75, 3.05) is 23.7 Å². The second-order valence-electron chi connectivity index (χ2n) is 8.80. The van der Waals surface area contributed by atoms with E-state index in [1.165, 1.54) is 0 Å². The third-order valence-corrected chi connectivity index (χ3v) is 6.68.